The van der Waals surface area contributed by atoms with E-state index < -0.39 is 5.41 Å². The number of rotatable bonds is 10. The van der Waals surface area contributed by atoms with Crippen LogP contribution in [0.3, 0.4) is 0 Å². The first-order valence-corrected chi connectivity index (χ1v) is 11.2. The van der Waals surface area contributed by atoms with E-state index in [1.165, 1.54) is 12.0 Å². The van der Waals surface area contributed by atoms with E-state index in [0.717, 1.165) is 23.4 Å². The SMILES string of the molecule is CCCCC(C)C(CN(C)C(=O)C(=N)C(C)(C)c1ccccc1)c1ccc(Cl)cc1. The molecule has 3 nitrogen and oxygen atoms in total. The molecule has 30 heavy (non-hydrogen) atoms. The van der Waals surface area contributed by atoms with Gasteiger partial charge in [-0.3, -0.25) is 10.2 Å². The molecule has 0 fully saturated rings. The summed E-state index contributed by atoms with van der Waals surface area (Å²) in [5.74, 6) is 0.415. The van der Waals surface area contributed by atoms with Crippen LogP contribution in [0.5, 0.6) is 0 Å². The monoisotopic (exact) mass is 426 g/mol. The van der Waals surface area contributed by atoms with E-state index in [2.05, 4.69) is 26.0 Å². The molecule has 0 radical (unpaired) electrons. The zero-order valence-electron chi connectivity index (χ0n) is 18.9. The molecule has 4 heteroatoms. The van der Waals surface area contributed by atoms with E-state index in [9.17, 15) is 4.79 Å². The summed E-state index contributed by atoms with van der Waals surface area (Å²) in [6.07, 6.45) is 3.43. The first-order valence-electron chi connectivity index (χ1n) is 10.8. The molecule has 2 atom stereocenters. The Morgan fingerprint density at radius 2 is 1.70 bits per heavy atom. The molecule has 2 aromatic rings. The summed E-state index contributed by atoms with van der Waals surface area (Å²) >= 11 is 6.09. The van der Waals surface area contributed by atoms with Crippen molar-refractivity contribution < 1.29 is 4.79 Å². The lowest BCUT2D eigenvalue weighted by atomic mass is 9.79. The lowest BCUT2D eigenvalue weighted by molar-refractivity contribution is -0.123. The highest BCUT2D eigenvalue weighted by atomic mass is 35.5. The first-order chi connectivity index (χ1) is 14.2. The summed E-state index contributed by atoms with van der Waals surface area (Å²) in [6.45, 7) is 8.92. The highest BCUT2D eigenvalue weighted by Crippen LogP contribution is 2.31. The summed E-state index contributed by atoms with van der Waals surface area (Å²) in [5.41, 5.74) is 1.64. The lowest BCUT2D eigenvalue weighted by Gasteiger charge is -2.32. The lowest BCUT2D eigenvalue weighted by Crippen LogP contribution is -2.44. The third-order valence-corrected chi connectivity index (χ3v) is 6.40. The average molecular weight is 427 g/mol. The van der Waals surface area contributed by atoms with Crippen LogP contribution in [0, 0.1) is 11.3 Å². The molecule has 1 amide bonds. The van der Waals surface area contributed by atoms with Crippen molar-refractivity contribution in [3.8, 4) is 0 Å². The number of nitrogens with one attached hydrogen (secondary N) is 1. The number of halogens is 1. The highest BCUT2D eigenvalue weighted by molar-refractivity contribution is 6.40. The Bertz CT molecular complexity index is 830. The van der Waals surface area contributed by atoms with Gasteiger partial charge in [0.1, 0.15) is 5.71 Å². The Hall–Kier alpha value is -2.13. The van der Waals surface area contributed by atoms with Crippen LogP contribution in [0.25, 0.3) is 0 Å². The average Bonchev–Trinajstić information content (AvgIpc) is 2.75. The normalized spacial score (nSPS) is 13.5. The minimum Gasteiger partial charge on any atom is -0.340 e. The van der Waals surface area contributed by atoms with E-state index in [1.807, 2.05) is 63.4 Å². The van der Waals surface area contributed by atoms with E-state index in [0.29, 0.717) is 12.5 Å². The van der Waals surface area contributed by atoms with Gasteiger partial charge < -0.3 is 4.90 Å². The first kappa shape index (κ1) is 24.1. The van der Waals surface area contributed by atoms with E-state index >= 15 is 0 Å². The van der Waals surface area contributed by atoms with Crippen LogP contribution in [0.15, 0.2) is 54.6 Å². The number of carbonyl (C=O) groups is 1. The van der Waals surface area contributed by atoms with Crippen LogP contribution in [-0.4, -0.2) is 30.1 Å². The van der Waals surface area contributed by atoms with Gasteiger partial charge in [0.25, 0.3) is 5.91 Å². The molecule has 0 aliphatic carbocycles. The molecule has 2 aromatic carbocycles. The smallest absolute Gasteiger partial charge is 0.268 e. The number of carbonyl (C=O) groups excluding carboxylic acids is 1. The van der Waals surface area contributed by atoms with Crippen LogP contribution in [0.2, 0.25) is 5.02 Å². The van der Waals surface area contributed by atoms with Gasteiger partial charge in [0.15, 0.2) is 0 Å². The van der Waals surface area contributed by atoms with Gasteiger partial charge >= 0.3 is 0 Å². The number of likely N-dealkylation sites (N-methyl/N-ethyl adjacent to an activating group) is 1. The molecule has 0 aromatic heterocycles. The zero-order valence-corrected chi connectivity index (χ0v) is 19.7. The van der Waals surface area contributed by atoms with Crippen LogP contribution in [0.1, 0.15) is 64.0 Å². The van der Waals surface area contributed by atoms with Gasteiger partial charge in [-0.2, -0.15) is 0 Å². The Morgan fingerprint density at radius 1 is 1.10 bits per heavy atom. The van der Waals surface area contributed by atoms with Gasteiger partial charge in [-0.05, 0) is 43.0 Å². The Labute approximate surface area is 187 Å². The van der Waals surface area contributed by atoms with E-state index in [4.69, 9.17) is 17.0 Å². The fourth-order valence-corrected chi connectivity index (χ4v) is 4.01. The topological polar surface area (TPSA) is 44.2 Å². The molecule has 0 spiro atoms. The maximum Gasteiger partial charge on any atom is 0.268 e. The minimum absolute atomic E-state index is 0.118. The number of nitrogens with zero attached hydrogens (tertiary/aromatic N) is 1. The molecule has 0 bridgehead atoms. The molecular formula is C26H35ClN2O. The Morgan fingerprint density at radius 3 is 2.27 bits per heavy atom. The summed E-state index contributed by atoms with van der Waals surface area (Å²) in [6, 6.07) is 17.8. The fraction of sp³-hybridized carbons (Fsp3) is 0.462. The molecule has 1 N–H and O–H groups in total. The highest BCUT2D eigenvalue weighted by Gasteiger charge is 2.33. The molecule has 0 aliphatic rings. The molecule has 0 aliphatic heterocycles. The second-order valence-corrected chi connectivity index (χ2v) is 9.27. The van der Waals surface area contributed by atoms with Gasteiger partial charge in [0.2, 0.25) is 0 Å². The Balaban J connectivity index is 2.20. The van der Waals surface area contributed by atoms with Crippen LogP contribution >= 0.6 is 11.6 Å². The van der Waals surface area contributed by atoms with Crippen LogP contribution < -0.4 is 0 Å². The van der Waals surface area contributed by atoms with Crippen molar-refractivity contribution in [1.29, 1.82) is 5.41 Å². The van der Waals surface area contributed by atoms with Crippen molar-refractivity contribution in [2.45, 2.75) is 58.3 Å². The molecule has 162 valence electrons. The summed E-state index contributed by atoms with van der Waals surface area (Å²) in [5, 5.41) is 9.37. The summed E-state index contributed by atoms with van der Waals surface area (Å²) in [7, 11) is 1.81. The number of hydrogen-bond acceptors (Lipinski definition) is 2. The Kier molecular flexibility index (Phi) is 8.66. The van der Waals surface area contributed by atoms with E-state index in [1.54, 1.807) is 4.90 Å². The maximum atomic E-state index is 13.2. The van der Waals surface area contributed by atoms with Crippen molar-refractivity contribution in [2.24, 2.45) is 5.92 Å². The molecule has 2 rings (SSSR count). The third kappa shape index (κ3) is 5.95. The standard InChI is InChI=1S/C26H35ClN2O/c1-6-7-11-19(2)23(20-14-16-22(27)17-15-20)18-29(5)25(30)24(28)26(3,4)21-12-9-8-10-13-21/h8-10,12-17,19,23,28H,6-7,11,18H2,1-5H3. The minimum atomic E-state index is -0.643. The van der Waals surface area contributed by atoms with Gasteiger partial charge in [-0.15, -0.1) is 0 Å². The van der Waals surface area contributed by atoms with Crippen LogP contribution in [0.4, 0.5) is 0 Å². The fourth-order valence-electron chi connectivity index (χ4n) is 3.89. The van der Waals surface area contributed by atoms with E-state index in [-0.39, 0.29) is 17.5 Å². The number of unbranched alkanes of at least 4 members (excludes halogenated alkanes) is 1. The van der Waals surface area contributed by atoms with Gasteiger partial charge in [0.05, 0.1) is 0 Å². The van der Waals surface area contributed by atoms with Gasteiger partial charge in [0, 0.05) is 29.9 Å². The van der Waals surface area contributed by atoms with Crippen molar-refractivity contribution in [3.05, 3.63) is 70.7 Å². The summed E-state index contributed by atoms with van der Waals surface area (Å²) < 4.78 is 0. The third-order valence-electron chi connectivity index (χ3n) is 6.15. The van der Waals surface area contributed by atoms with Crippen molar-refractivity contribution in [2.75, 3.05) is 13.6 Å². The molecule has 2 unspecified atom stereocenters. The van der Waals surface area contributed by atoms with Crippen molar-refractivity contribution in [3.63, 3.8) is 0 Å². The largest absolute Gasteiger partial charge is 0.340 e. The second kappa shape index (κ2) is 10.8. The predicted molar refractivity (Wildman–Crippen MR) is 128 cm³/mol. The maximum absolute atomic E-state index is 13.2. The van der Waals surface area contributed by atoms with Crippen molar-refractivity contribution >= 4 is 23.2 Å². The van der Waals surface area contributed by atoms with Crippen LogP contribution in [-0.2, 0) is 10.2 Å². The predicted octanol–water partition coefficient (Wildman–Crippen LogP) is 6.71. The molecule has 0 heterocycles. The zero-order chi connectivity index (χ0) is 22.3. The number of hydrogen-bond donors (Lipinski definition) is 1. The van der Waals surface area contributed by atoms with Crippen molar-refractivity contribution in [1.82, 2.24) is 4.90 Å². The summed E-state index contributed by atoms with van der Waals surface area (Å²) in [4.78, 5) is 14.9. The quantitative estimate of drug-likeness (QED) is 0.421. The van der Waals surface area contributed by atoms with Gasteiger partial charge in [-0.25, -0.2) is 0 Å². The molecule has 0 saturated carbocycles. The number of benzene rings is 2. The van der Waals surface area contributed by atoms with Gasteiger partial charge in [-0.1, -0.05) is 87.2 Å². The second-order valence-electron chi connectivity index (χ2n) is 8.83. The number of amides is 1. The molecule has 0 saturated heterocycles. The molecular weight excluding hydrogens is 392 g/mol.